The maximum absolute atomic E-state index is 12.7. The van der Waals surface area contributed by atoms with Crippen LogP contribution >= 0.6 is 0 Å². The predicted molar refractivity (Wildman–Crippen MR) is 85.4 cm³/mol. The lowest BCUT2D eigenvalue weighted by Crippen LogP contribution is -2.42. The SMILES string of the molecule is Cn1ccnc(N2CCC(Nc3cc(C(F)(F)F)ncn3)CC2)c1=O. The first kappa shape index (κ1) is 17.2. The lowest BCUT2D eigenvalue weighted by Gasteiger charge is -2.33. The van der Waals surface area contributed by atoms with Gasteiger partial charge in [-0.1, -0.05) is 0 Å². The summed E-state index contributed by atoms with van der Waals surface area (Å²) in [7, 11) is 1.66. The number of aryl methyl sites for hydroxylation is 1. The van der Waals surface area contributed by atoms with E-state index in [9.17, 15) is 18.0 Å². The normalized spacial score (nSPS) is 16.1. The highest BCUT2D eigenvalue weighted by atomic mass is 19.4. The molecule has 3 heterocycles. The molecule has 0 atom stereocenters. The highest BCUT2D eigenvalue weighted by molar-refractivity contribution is 5.39. The van der Waals surface area contributed by atoms with Crippen LogP contribution in [-0.2, 0) is 13.2 Å². The average molecular weight is 354 g/mol. The zero-order valence-corrected chi connectivity index (χ0v) is 13.5. The molecule has 0 bridgehead atoms. The maximum atomic E-state index is 12.7. The zero-order chi connectivity index (χ0) is 18.0. The van der Waals surface area contributed by atoms with Gasteiger partial charge in [0.25, 0.3) is 5.56 Å². The van der Waals surface area contributed by atoms with E-state index in [1.807, 2.05) is 4.90 Å². The van der Waals surface area contributed by atoms with Crippen molar-refractivity contribution in [2.24, 2.45) is 7.05 Å². The van der Waals surface area contributed by atoms with Crippen molar-refractivity contribution in [3.63, 3.8) is 0 Å². The molecule has 2 aromatic heterocycles. The Balaban J connectivity index is 1.63. The standard InChI is InChI=1S/C15H17F3N6O/c1-23-7-4-19-13(14(23)25)24-5-2-10(3-6-24)22-12-8-11(15(16,17)18)20-9-21-12/h4,7-10H,2-3,5-6H2,1H3,(H,20,21,22). The summed E-state index contributed by atoms with van der Waals surface area (Å²) in [5.74, 6) is 0.541. The molecule has 25 heavy (non-hydrogen) atoms. The molecule has 0 amide bonds. The Hall–Kier alpha value is -2.65. The largest absolute Gasteiger partial charge is 0.433 e. The summed E-state index contributed by atoms with van der Waals surface area (Å²) in [4.78, 5) is 25.2. The van der Waals surface area contributed by atoms with Crippen LogP contribution in [0.2, 0.25) is 0 Å². The number of alkyl halides is 3. The Labute approximate surface area is 141 Å². The lowest BCUT2D eigenvalue weighted by molar-refractivity contribution is -0.141. The topological polar surface area (TPSA) is 75.9 Å². The minimum Gasteiger partial charge on any atom is -0.367 e. The van der Waals surface area contributed by atoms with E-state index in [-0.39, 0.29) is 17.4 Å². The van der Waals surface area contributed by atoms with E-state index in [4.69, 9.17) is 0 Å². The predicted octanol–water partition coefficient (Wildman–Crippen LogP) is 1.67. The summed E-state index contributed by atoms with van der Waals surface area (Å²) >= 11 is 0. The van der Waals surface area contributed by atoms with Crippen molar-refractivity contribution in [2.75, 3.05) is 23.3 Å². The van der Waals surface area contributed by atoms with Gasteiger partial charge in [0.05, 0.1) is 0 Å². The van der Waals surface area contributed by atoms with Gasteiger partial charge >= 0.3 is 6.18 Å². The summed E-state index contributed by atoms with van der Waals surface area (Å²) in [5, 5.41) is 3.01. The third-order valence-electron chi connectivity index (χ3n) is 4.10. The number of rotatable bonds is 3. The van der Waals surface area contributed by atoms with Crippen LogP contribution in [0.1, 0.15) is 18.5 Å². The number of hydrogen-bond donors (Lipinski definition) is 1. The Kier molecular flexibility index (Phi) is 4.60. The summed E-state index contributed by atoms with van der Waals surface area (Å²) in [6, 6.07) is 0.876. The van der Waals surface area contributed by atoms with Crippen molar-refractivity contribution in [3.8, 4) is 0 Å². The highest BCUT2D eigenvalue weighted by Gasteiger charge is 2.33. The van der Waals surface area contributed by atoms with Gasteiger partial charge in [0.2, 0.25) is 0 Å². The van der Waals surface area contributed by atoms with Crippen LogP contribution in [0.5, 0.6) is 0 Å². The number of aromatic nitrogens is 4. The zero-order valence-electron chi connectivity index (χ0n) is 13.5. The van der Waals surface area contributed by atoms with E-state index in [0.717, 1.165) is 12.4 Å². The van der Waals surface area contributed by atoms with E-state index in [1.165, 1.54) is 4.57 Å². The monoisotopic (exact) mass is 354 g/mol. The molecule has 1 aliphatic heterocycles. The first-order valence-electron chi connectivity index (χ1n) is 7.77. The summed E-state index contributed by atoms with van der Waals surface area (Å²) in [6.45, 7) is 1.17. The third kappa shape index (κ3) is 3.89. The van der Waals surface area contributed by atoms with Crippen LogP contribution in [0.4, 0.5) is 24.8 Å². The average Bonchev–Trinajstić information content (AvgIpc) is 2.58. The van der Waals surface area contributed by atoms with Crippen LogP contribution in [0.15, 0.2) is 29.6 Å². The molecule has 0 aromatic carbocycles. The number of nitrogens with one attached hydrogen (secondary N) is 1. The number of hydrogen-bond acceptors (Lipinski definition) is 6. The number of nitrogens with zero attached hydrogens (tertiary/aromatic N) is 5. The minimum atomic E-state index is -4.50. The van der Waals surface area contributed by atoms with Gasteiger partial charge in [-0.3, -0.25) is 4.79 Å². The van der Waals surface area contributed by atoms with Crippen molar-refractivity contribution in [1.82, 2.24) is 19.5 Å². The van der Waals surface area contributed by atoms with Crippen LogP contribution in [0.3, 0.4) is 0 Å². The van der Waals surface area contributed by atoms with Crippen LogP contribution in [-0.4, -0.2) is 38.7 Å². The molecule has 3 rings (SSSR count). The minimum absolute atomic E-state index is 0.0280. The fourth-order valence-electron chi connectivity index (χ4n) is 2.74. The van der Waals surface area contributed by atoms with Gasteiger partial charge in [-0.2, -0.15) is 13.2 Å². The van der Waals surface area contributed by atoms with Gasteiger partial charge in [0.1, 0.15) is 17.8 Å². The van der Waals surface area contributed by atoms with Crippen LogP contribution in [0.25, 0.3) is 0 Å². The van der Waals surface area contributed by atoms with Crippen molar-refractivity contribution >= 4 is 11.6 Å². The van der Waals surface area contributed by atoms with Crippen molar-refractivity contribution in [2.45, 2.75) is 25.1 Å². The molecule has 134 valence electrons. The van der Waals surface area contributed by atoms with Crippen molar-refractivity contribution in [1.29, 1.82) is 0 Å². The molecule has 1 aliphatic rings. The molecule has 1 saturated heterocycles. The molecule has 0 saturated carbocycles. The Morgan fingerprint density at radius 2 is 1.92 bits per heavy atom. The van der Waals surface area contributed by atoms with Gasteiger partial charge in [-0.05, 0) is 12.8 Å². The first-order valence-corrected chi connectivity index (χ1v) is 7.77. The Morgan fingerprint density at radius 1 is 1.20 bits per heavy atom. The fraction of sp³-hybridized carbons (Fsp3) is 0.467. The fourth-order valence-corrected chi connectivity index (χ4v) is 2.74. The number of halogens is 3. The van der Waals surface area contributed by atoms with E-state index in [0.29, 0.717) is 31.7 Å². The molecule has 1 fully saturated rings. The molecular formula is C15H17F3N6O. The molecule has 1 N–H and O–H groups in total. The van der Waals surface area contributed by atoms with Crippen molar-refractivity contribution < 1.29 is 13.2 Å². The van der Waals surface area contributed by atoms with E-state index < -0.39 is 11.9 Å². The summed E-state index contributed by atoms with van der Waals surface area (Å²) in [5.41, 5.74) is -1.14. The smallest absolute Gasteiger partial charge is 0.367 e. The Morgan fingerprint density at radius 3 is 2.60 bits per heavy atom. The molecule has 0 aliphatic carbocycles. The van der Waals surface area contributed by atoms with Crippen LogP contribution in [0, 0.1) is 0 Å². The molecular weight excluding hydrogens is 337 g/mol. The van der Waals surface area contributed by atoms with Crippen molar-refractivity contribution in [3.05, 3.63) is 40.8 Å². The van der Waals surface area contributed by atoms with Gasteiger partial charge in [0.15, 0.2) is 5.82 Å². The third-order valence-corrected chi connectivity index (χ3v) is 4.10. The molecule has 2 aromatic rings. The van der Waals surface area contributed by atoms with Gasteiger partial charge in [-0.15, -0.1) is 0 Å². The molecule has 10 heteroatoms. The molecule has 0 radical (unpaired) electrons. The Bertz CT molecular complexity index is 798. The quantitative estimate of drug-likeness (QED) is 0.904. The number of piperidine rings is 1. The summed E-state index contributed by atoms with van der Waals surface area (Å²) in [6.07, 6.45) is 0.879. The second-order valence-corrected chi connectivity index (χ2v) is 5.86. The van der Waals surface area contributed by atoms with E-state index in [1.54, 1.807) is 19.4 Å². The van der Waals surface area contributed by atoms with Gasteiger partial charge in [0, 0.05) is 44.6 Å². The second kappa shape index (κ2) is 6.69. The van der Waals surface area contributed by atoms with Crippen LogP contribution < -0.4 is 15.8 Å². The molecule has 0 spiro atoms. The van der Waals surface area contributed by atoms with E-state index >= 15 is 0 Å². The van der Waals surface area contributed by atoms with Gasteiger partial charge in [-0.25, -0.2) is 15.0 Å². The summed E-state index contributed by atoms with van der Waals surface area (Å²) < 4.78 is 39.5. The first-order chi connectivity index (χ1) is 11.8. The number of anilines is 2. The lowest BCUT2D eigenvalue weighted by atomic mass is 10.1. The molecule has 7 nitrogen and oxygen atoms in total. The maximum Gasteiger partial charge on any atom is 0.433 e. The van der Waals surface area contributed by atoms with E-state index in [2.05, 4.69) is 20.3 Å². The molecule has 0 unspecified atom stereocenters. The highest BCUT2D eigenvalue weighted by Crippen LogP contribution is 2.28. The van der Waals surface area contributed by atoms with Gasteiger partial charge < -0.3 is 14.8 Å². The second-order valence-electron chi connectivity index (χ2n) is 5.86.